The quantitative estimate of drug-likeness (QED) is 0.204. The van der Waals surface area contributed by atoms with Crippen molar-refractivity contribution >= 4 is 26.2 Å². The van der Waals surface area contributed by atoms with Gasteiger partial charge in [0, 0.05) is 0 Å². The van der Waals surface area contributed by atoms with Gasteiger partial charge in [0.1, 0.15) is 11.5 Å². The number of halogens is 6. The van der Waals surface area contributed by atoms with Crippen molar-refractivity contribution in [2.45, 2.75) is 37.2 Å². The van der Waals surface area contributed by atoms with Crippen molar-refractivity contribution in [2.75, 3.05) is 0 Å². The van der Waals surface area contributed by atoms with Crippen molar-refractivity contribution in [3.8, 4) is 11.5 Å². The molecule has 172 valence electrons. The SMILES string of the molecule is CC(C)(C)C(=O)Oc1ccc(OS(=O)(=O)C(F)(F)C(F)(F)C(F)(F)S(=O)(=O)O)cc1. The first-order valence-corrected chi connectivity index (χ1v) is 10.3. The van der Waals surface area contributed by atoms with E-state index < -0.39 is 53.8 Å². The third-order valence-electron chi connectivity index (χ3n) is 3.22. The molecule has 0 fully saturated rings. The van der Waals surface area contributed by atoms with Crippen molar-refractivity contribution in [3.63, 3.8) is 0 Å². The van der Waals surface area contributed by atoms with Crippen LogP contribution in [0.2, 0.25) is 0 Å². The van der Waals surface area contributed by atoms with Crippen LogP contribution in [-0.2, 0) is 25.0 Å². The van der Waals surface area contributed by atoms with Crippen LogP contribution in [0.25, 0.3) is 0 Å². The Morgan fingerprint density at radius 2 is 1.23 bits per heavy atom. The molecule has 0 aliphatic heterocycles. The van der Waals surface area contributed by atoms with Crippen molar-refractivity contribution in [2.24, 2.45) is 5.41 Å². The average molecular weight is 488 g/mol. The summed E-state index contributed by atoms with van der Waals surface area (Å²) in [5.41, 5.74) is -0.954. The van der Waals surface area contributed by atoms with E-state index in [1.165, 1.54) is 20.8 Å². The molecule has 0 unspecified atom stereocenters. The van der Waals surface area contributed by atoms with Crippen molar-refractivity contribution in [1.29, 1.82) is 0 Å². The minimum absolute atomic E-state index is 0.227. The van der Waals surface area contributed by atoms with Crippen LogP contribution in [0.3, 0.4) is 0 Å². The van der Waals surface area contributed by atoms with E-state index in [4.69, 9.17) is 9.29 Å². The van der Waals surface area contributed by atoms with Gasteiger partial charge in [-0.15, -0.1) is 0 Å². The van der Waals surface area contributed by atoms with E-state index in [0.29, 0.717) is 12.1 Å². The minimum Gasteiger partial charge on any atom is -0.426 e. The third kappa shape index (κ3) is 4.64. The Labute approximate surface area is 166 Å². The maximum Gasteiger partial charge on any atom is 0.450 e. The highest BCUT2D eigenvalue weighted by atomic mass is 32.2. The van der Waals surface area contributed by atoms with E-state index in [2.05, 4.69) is 4.18 Å². The van der Waals surface area contributed by atoms with Gasteiger partial charge in [0.15, 0.2) is 0 Å². The molecule has 1 aromatic rings. The van der Waals surface area contributed by atoms with Gasteiger partial charge in [0.2, 0.25) is 0 Å². The van der Waals surface area contributed by atoms with E-state index in [-0.39, 0.29) is 5.75 Å². The van der Waals surface area contributed by atoms with Crippen LogP contribution in [0, 0.1) is 5.41 Å². The zero-order valence-corrected chi connectivity index (χ0v) is 16.8. The number of carbonyl (C=O) groups is 1. The highest BCUT2D eigenvalue weighted by Gasteiger charge is 2.83. The van der Waals surface area contributed by atoms with E-state index >= 15 is 0 Å². The molecular weight excluding hydrogens is 474 g/mol. The Kier molecular flexibility index (Phi) is 6.55. The molecule has 8 nitrogen and oxygen atoms in total. The first-order valence-electron chi connectivity index (χ1n) is 7.45. The number of carbonyl (C=O) groups excluding carboxylic acids is 1. The van der Waals surface area contributed by atoms with E-state index in [1.807, 2.05) is 0 Å². The lowest BCUT2D eigenvalue weighted by Crippen LogP contribution is -2.61. The number of alkyl halides is 6. The number of benzene rings is 1. The third-order valence-corrected chi connectivity index (χ3v) is 5.42. The molecular formula is C14H14F6O8S2. The van der Waals surface area contributed by atoms with Crippen LogP contribution in [0.5, 0.6) is 11.5 Å². The Morgan fingerprint density at radius 1 is 0.833 bits per heavy atom. The lowest BCUT2D eigenvalue weighted by atomic mass is 9.97. The Hall–Kier alpha value is -2.07. The van der Waals surface area contributed by atoms with E-state index in [0.717, 1.165) is 12.1 Å². The fourth-order valence-electron chi connectivity index (χ4n) is 1.49. The summed E-state index contributed by atoms with van der Waals surface area (Å²) in [6, 6.07) is 2.77. The maximum atomic E-state index is 13.7. The summed E-state index contributed by atoms with van der Waals surface area (Å²) >= 11 is 0. The molecule has 1 aromatic carbocycles. The first-order chi connectivity index (χ1) is 13.1. The highest BCUT2D eigenvalue weighted by molar-refractivity contribution is 7.88. The Balaban J connectivity index is 3.20. The maximum absolute atomic E-state index is 13.7. The number of rotatable bonds is 7. The number of ether oxygens (including phenoxy) is 1. The van der Waals surface area contributed by atoms with Gasteiger partial charge in [0.25, 0.3) is 0 Å². The largest absolute Gasteiger partial charge is 0.450 e. The Bertz CT molecular complexity index is 1010. The molecule has 16 heteroatoms. The standard InChI is InChI=1S/C14H14F6O8S2/c1-11(2,3)10(21)27-8-4-6-9(7-5-8)28-30(25,26)14(19,20)12(15,16)13(17,18)29(22,23)24/h4-7H,1-3H3,(H,22,23,24). The summed E-state index contributed by atoms with van der Waals surface area (Å²) in [5.74, 6) is -9.18. The van der Waals surface area contributed by atoms with Gasteiger partial charge in [-0.3, -0.25) is 9.35 Å². The molecule has 0 heterocycles. The second-order valence-electron chi connectivity index (χ2n) is 6.73. The lowest BCUT2D eigenvalue weighted by molar-refractivity contribution is -0.247. The van der Waals surface area contributed by atoms with E-state index in [1.54, 1.807) is 0 Å². The summed E-state index contributed by atoms with van der Waals surface area (Å²) in [6.45, 7) is 4.47. The van der Waals surface area contributed by atoms with Crippen molar-refractivity contribution in [3.05, 3.63) is 24.3 Å². The van der Waals surface area contributed by atoms with Crippen LogP contribution in [0.1, 0.15) is 20.8 Å². The highest BCUT2D eigenvalue weighted by Crippen LogP contribution is 2.50. The molecule has 0 saturated carbocycles. The smallest absolute Gasteiger partial charge is 0.426 e. The molecule has 0 spiro atoms. The zero-order valence-electron chi connectivity index (χ0n) is 15.2. The van der Waals surface area contributed by atoms with Crippen LogP contribution < -0.4 is 8.92 Å². The van der Waals surface area contributed by atoms with Gasteiger partial charge in [-0.05, 0) is 45.0 Å². The molecule has 30 heavy (non-hydrogen) atoms. The molecule has 0 bridgehead atoms. The van der Waals surface area contributed by atoms with Crippen LogP contribution in [0.15, 0.2) is 24.3 Å². The van der Waals surface area contributed by atoms with Crippen LogP contribution >= 0.6 is 0 Å². The van der Waals surface area contributed by atoms with Gasteiger partial charge in [-0.2, -0.15) is 43.2 Å². The normalized spacial score (nSPS) is 14.3. The molecule has 0 saturated heterocycles. The summed E-state index contributed by atoms with van der Waals surface area (Å²) in [5, 5.41) is -13.7. The second-order valence-corrected chi connectivity index (χ2v) is 9.78. The summed E-state index contributed by atoms with van der Waals surface area (Å²) < 4.78 is 141. The predicted octanol–water partition coefficient (Wildman–Crippen LogP) is 3.06. The zero-order chi connectivity index (χ0) is 24.0. The minimum atomic E-state index is -7.14. The molecule has 0 aliphatic rings. The summed E-state index contributed by atoms with van der Waals surface area (Å²) in [4.78, 5) is 11.7. The van der Waals surface area contributed by atoms with Crippen LogP contribution in [0.4, 0.5) is 26.3 Å². The molecule has 1 N–H and O–H groups in total. The Morgan fingerprint density at radius 3 is 1.60 bits per heavy atom. The molecule has 0 radical (unpaired) electrons. The van der Waals surface area contributed by atoms with Gasteiger partial charge in [-0.1, -0.05) is 0 Å². The average Bonchev–Trinajstić information content (AvgIpc) is 2.53. The molecule has 0 aromatic heterocycles. The van der Waals surface area contributed by atoms with Gasteiger partial charge < -0.3 is 8.92 Å². The number of hydrogen-bond acceptors (Lipinski definition) is 7. The monoisotopic (exact) mass is 488 g/mol. The molecule has 0 amide bonds. The van der Waals surface area contributed by atoms with Crippen molar-refractivity contribution in [1.82, 2.24) is 0 Å². The molecule has 0 aliphatic carbocycles. The number of esters is 1. The number of hydrogen-bond donors (Lipinski definition) is 1. The van der Waals surface area contributed by atoms with Gasteiger partial charge in [0.05, 0.1) is 5.41 Å². The fourth-order valence-corrected chi connectivity index (χ4v) is 2.92. The second kappa shape index (κ2) is 7.56. The fraction of sp³-hybridized carbons (Fsp3) is 0.500. The lowest BCUT2D eigenvalue weighted by Gasteiger charge is -2.29. The summed E-state index contributed by atoms with van der Waals surface area (Å²) in [7, 11) is -14.1. The predicted molar refractivity (Wildman–Crippen MR) is 87.5 cm³/mol. The molecule has 1 rings (SSSR count). The van der Waals surface area contributed by atoms with E-state index in [9.17, 15) is 48.0 Å². The van der Waals surface area contributed by atoms with Crippen LogP contribution in [-0.4, -0.2) is 43.8 Å². The van der Waals surface area contributed by atoms with Gasteiger partial charge in [-0.25, -0.2) is 0 Å². The van der Waals surface area contributed by atoms with Gasteiger partial charge >= 0.3 is 42.6 Å². The topological polar surface area (TPSA) is 124 Å². The first kappa shape index (κ1) is 26.0. The molecule has 0 atom stereocenters. The summed E-state index contributed by atoms with van der Waals surface area (Å²) in [6.07, 6.45) is 0. The van der Waals surface area contributed by atoms with Crippen molar-refractivity contribution < 1.29 is 61.4 Å².